The van der Waals surface area contributed by atoms with Crippen molar-refractivity contribution in [2.45, 2.75) is 25.9 Å². The first-order valence-electron chi connectivity index (χ1n) is 8.34. The van der Waals surface area contributed by atoms with Crippen LogP contribution < -0.4 is 10.1 Å². The van der Waals surface area contributed by atoms with Crippen molar-refractivity contribution in [3.8, 4) is 5.88 Å². The maximum atomic E-state index is 12.9. The lowest BCUT2D eigenvalue weighted by Crippen LogP contribution is -2.24. The highest BCUT2D eigenvalue weighted by Gasteiger charge is 2.31. The molecule has 0 unspecified atom stereocenters. The van der Waals surface area contributed by atoms with Crippen molar-refractivity contribution in [1.82, 2.24) is 20.2 Å². The molecule has 0 saturated carbocycles. The van der Waals surface area contributed by atoms with Gasteiger partial charge < -0.3 is 15.0 Å². The molecule has 0 bridgehead atoms. The third-order valence-electron chi connectivity index (χ3n) is 4.06. The zero-order chi connectivity index (χ0) is 20.5. The number of amides is 2. The fraction of sp³-hybridized carbons (Fsp3) is 0.333. The van der Waals surface area contributed by atoms with E-state index in [0.717, 1.165) is 6.92 Å². The normalized spacial score (nSPS) is 13.5. The maximum absolute atomic E-state index is 12.9. The monoisotopic (exact) mass is 410 g/mol. The van der Waals surface area contributed by atoms with Gasteiger partial charge in [0.1, 0.15) is 10.7 Å². The number of carbonyl (C=O) groups is 2. The minimum absolute atomic E-state index is 0.0682. The summed E-state index contributed by atoms with van der Waals surface area (Å²) in [5, 5.41) is 2.57. The second kappa shape index (κ2) is 7.67. The van der Waals surface area contributed by atoms with E-state index >= 15 is 0 Å². The lowest BCUT2D eigenvalue weighted by Gasteiger charge is -2.17. The summed E-state index contributed by atoms with van der Waals surface area (Å²) in [7, 11) is 1.49. The van der Waals surface area contributed by atoms with Crippen LogP contribution in [0, 0.1) is 0 Å². The number of pyridine rings is 2. The summed E-state index contributed by atoms with van der Waals surface area (Å²) in [6, 6.07) is 3.07. The van der Waals surface area contributed by atoms with Crippen LogP contribution in [0.15, 0.2) is 24.5 Å². The molecule has 3 rings (SSSR count). The van der Waals surface area contributed by atoms with Crippen LogP contribution in [0.25, 0.3) is 0 Å². The Kier molecular flexibility index (Phi) is 5.46. The van der Waals surface area contributed by atoms with Crippen molar-refractivity contribution in [3.63, 3.8) is 0 Å². The number of ether oxygens (including phenoxy) is 1. The number of hydrogen-bond acceptors (Lipinski definition) is 5. The standard InChI is InChI=1S/C18H17ClF2N4O3/c1-18(20,21)9-28-16-13(19)5-10(6-24-16)7-25-8-12-11(17(25)27)3-4-23-14(12)15(26)22-2/h3-6H,7-9H2,1-2H3,(H,22,26). The summed E-state index contributed by atoms with van der Waals surface area (Å²) in [4.78, 5) is 34.1. The van der Waals surface area contributed by atoms with Gasteiger partial charge in [0, 0.05) is 50.6 Å². The van der Waals surface area contributed by atoms with Gasteiger partial charge in [-0.1, -0.05) is 11.6 Å². The molecule has 0 fully saturated rings. The SMILES string of the molecule is CNC(=O)c1nccc2c1CN(Cc1cnc(OCC(C)(F)F)c(Cl)c1)C2=O. The zero-order valence-corrected chi connectivity index (χ0v) is 15.9. The van der Waals surface area contributed by atoms with Crippen LogP contribution >= 0.6 is 11.6 Å². The molecular formula is C18H17ClF2N4O3. The first-order chi connectivity index (χ1) is 13.2. The van der Waals surface area contributed by atoms with Gasteiger partial charge in [-0.05, 0) is 17.7 Å². The second-order valence-corrected chi connectivity index (χ2v) is 6.82. The van der Waals surface area contributed by atoms with Gasteiger partial charge >= 0.3 is 0 Å². The van der Waals surface area contributed by atoms with Gasteiger partial charge in [0.25, 0.3) is 17.7 Å². The van der Waals surface area contributed by atoms with Crippen molar-refractivity contribution >= 4 is 23.4 Å². The molecule has 0 aliphatic carbocycles. The predicted octanol–water partition coefficient (Wildman–Crippen LogP) is 2.68. The smallest absolute Gasteiger partial charge is 0.278 e. The molecular weight excluding hydrogens is 394 g/mol. The predicted molar refractivity (Wildman–Crippen MR) is 96.6 cm³/mol. The van der Waals surface area contributed by atoms with E-state index in [9.17, 15) is 18.4 Å². The van der Waals surface area contributed by atoms with E-state index in [1.807, 2.05) is 0 Å². The Bertz CT molecular complexity index is 934. The van der Waals surface area contributed by atoms with Crippen LogP contribution in [0.4, 0.5) is 8.78 Å². The molecule has 28 heavy (non-hydrogen) atoms. The van der Waals surface area contributed by atoms with Gasteiger partial charge in [-0.15, -0.1) is 0 Å². The first-order valence-corrected chi connectivity index (χ1v) is 8.71. The van der Waals surface area contributed by atoms with E-state index < -0.39 is 12.5 Å². The summed E-state index contributed by atoms with van der Waals surface area (Å²) in [5.41, 5.74) is 1.77. The lowest BCUT2D eigenvalue weighted by molar-refractivity contribution is -0.0242. The number of aromatic nitrogens is 2. The number of carbonyl (C=O) groups excluding carboxylic acids is 2. The number of hydrogen-bond donors (Lipinski definition) is 1. The van der Waals surface area contributed by atoms with Crippen molar-refractivity contribution in [2.75, 3.05) is 13.7 Å². The molecule has 2 aromatic rings. The molecule has 148 valence electrons. The summed E-state index contributed by atoms with van der Waals surface area (Å²) in [6.07, 6.45) is 2.82. The van der Waals surface area contributed by atoms with Gasteiger partial charge in [-0.2, -0.15) is 0 Å². The number of fused-ring (bicyclic) bond motifs is 1. The number of nitrogens with one attached hydrogen (secondary N) is 1. The van der Waals surface area contributed by atoms with Crippen LogP contribution in [0.2, 0.25) is 5.02 Å². The van der Waals surface area contributed by atoms with Crippen molar-refractivity contribution in [3.05, 3.63) is 51.9 Å². The minimum Gasteiger partial charge on any atom is -0.470 e. The fourth-order valence-corrected chi connectivity index (χ4v) is 3.04. The lowest BCUT2D eigenvalue weighted by atomic mass is 10.1. The highest BCUT2D eigenvalue weighted by molar-refractivity contribution is 6.31. The highest BCUT2D eigenvalue weighted by atomic mass is 35.5. The van der Waals surface area contributed by atoms with E-state index in [1.54, 1.807) is 6.07 Å². The summed E-state index contributed by atoms with van der Waals surface area (Å²) in [5.74, 6) is -3.72. The fourth-order valence-electron chi connectivity index (χ4n) is 2.80. The minimum atomic E-state index is -3.01. The Labute approximate surface area is 164 Å². The molecule has 3 heterocycles. The van der Waals surface area contributed by atoms with E-state index in [4.69, 9.17) is 16.3 Å². The molecule has 0 aromatic carbocycles. The average Bonchev–Trinajstić information content (AvgIpc) is 2.95. The van der Waals surface area contributed by atoms with Crippen LogP contribution in [-0.2, 0) is 13.1 Å². The Balaban J connectivity index is 1.75. The maximum Gasteiger partial charge on any atom is 0.278 e. The van der Waals surface area contributed by atoms with Crippen molar-refractivity contribution in [1.29, 1.82) is 0 Å². The quantitative estimate of drug-likeness (QED) is 0.791. The van der Waals surface area contributed by atoms with E-state index in [-0.39, 0.29) is 41.5 Å². The van der Waals surface area contributed by atoms with Gasteiger partial charge in [-0.25, -0.2) is 13.8 Å². The van der Waals surface area contributed by atoms with Gasteiger partial charge in [-0.3, -0.25) is 14.6 Å². The van der Waals surface area contributed by atoms with Crippen molar-refractivity contribution in [2.24, 2.45) is 0 Å². The zero-order valence-electron chi connectivity index (χ0n) is 15.1. The first kappa shape index (κ1) is 19.9. The molecule has 0 spiro atoms. The number of rotatable bonds is 6. The van der Waals surface area contributed by atoms with Gasteiger partial charge in [0.05, 0.1) is 0 Å². The van der Waals surface area contributed by atoms with Crippen LogP contribution in [0.5, 0.6) is 5.88 Å². The molecule has 2 amide bonds. The molecule has 0 atom stereocenters. The summed E-state index contributed by atoms with van der Waals surface area (Å²) in [6.45, 7) is 0.280. The Hall–Kier alpha value is -2.81. The third kappa shape index (κ3) is 4.19. The number of nitrogens with zero attached hydrogens (tertiary/aromatic N) is 3. The van der Waals surface area contributed by atoms with Gasteiger partial charge in [0.2, 0.25) is 5.88 Å². The Morgan fingerprint density at radius 2 is 2.18 bits per heavy atom. The molecule has 1 aliphatic heterocycles. The Morgan fingerprint density at radius 1 is 1.43 bits per heavy atom. The Morgan fingerprint density at radius 3 is 2.82 bits per heavy atom. The largest absolute Gasteiger partial charge is 0.470 e. The van der Waals surface area contributed by atoms with E-state index in [1.165, 1.54) is 30.4 Å². The van der Waals surface area contributed by atoms with Gasteiger partial charge in [0.15, 0.2) is 6.61 Å². The molecule has 2 aromatic heterocycles. The third-order valence-corrected chi connectivity index (χ3v) is 4.34. The number of halogens is 3. The molecule has 0 saturated heterocycles. The molecule has 10 heteroatoms. The van der Waals surface area contributed by atoms with Crippen LogP contribution in [0.3, 0.4) is 0 Å². The summed E-state index contributed by atoms with van der Waals surface area (Å²) < 4.78 is 30.7. The van der Waals surface area contributed by atoms with Crippen molar-refractivity contribution < 1.29 is 23.1 Å². The number of alkyl halides is 2. The highest BCUT2D eigenvalue weighted by Crippen LogP contribution is 2.29. The molecule has 1 aliphatic rings. The molecule has 0 radical (unpaired) electrons. The second-order valence-electron chi connectivity index (χ2n) is 6.42. The molecule has 7 nitrogen and oxygen atoms in total. The van der Waals surface area contributed by atoms with E-state index in [2.05, 4.69) is 15.3 Å². The summed E-state index contributed by atoms with van der Waals surface area (Å²) >= 11 is 6.06. The topological polar surface area (TPSA) is 84.4 Å². The molecule has 1 N–H and O–H groups in total. The van der Waals surface area contributed by atoms with Crippen LogP contribution in [-0.4, -0.2) is 46.3 Å². The average molecular weight is 411 g/mol. The van der Waals surface area contributed by atoms with Crippen LogP contribution in [0.1, 0.15) is 38.9 Å². The van der Waals surface area contributed by atoms with E-state index in [0.29, 0.717) is 16.7 Å².